The van der Waals surface area contributed by atoms with Gasteiger partial charge in [0, 0.05) is 18.7 Å². The van der Waals surface area contributed by atoms with E-state index in [9.17, 15) is 14.9 Å². The van der Waals surface area contributed by atoms with E-state index in [0.29, 0.717) is 12.1 Å². The standard InChI is InChI=1S/C13H16N2O3/c1-2-3-10-14-13(16)9-8-11-6-4-5-7-12(11)15(17)18/h4-9H,2-3,10H2,1H3,(H,14,16)/b9-8+. The number of hydrogen-bond acceptors (Lipinski definition) is 3. The van der Waals surface area contributed by atoms with Gasteiger partial charge < -0.3 is 5.32 Å². The van der Waals surface area contributed by atoms with Crippen molar-refractivity contribution in [2.75, 3.05) is 6.54 Å². The monoisotopic (exact) mass is 248 g/mol. The third-order valence-electron chi connectivity index (χ3n) is 2.38. The Morgan fingerprint density at radius 3 is 2.83 bits per heavy atom. The normalized spacial score (nSPS) is 10.5. The van der Waals surface area contributed by atoms with Crippen LogP contribution in [0.2, 0.25) is 0 Å². The Morgan fingerprint density at radius 2 is 2.17 bits per heavy atom. The maximum atomic E-state index is 11.4. The van der Waals surface area contributed by atoms with Crippen molar-refractivity contribution in [2.24, 2.45) is 0 Å². The van der Waals surface area contributed by atoms with Crippen LogP contribution in [0.1, 0.15) is 25.3 Å². The first-order chi connectivity index (χ1) is 8.65. The largest absolute Gasteiger partial charge is 0.353 e. The highest BCUT2D eigenvalue weighted by Gasteiger charge is 2.09. The Bertz CT molecular complexity index is 455. The number of benzene rings is 1. The van der Waals surface area contributed by atoms with E-state index in [1.807, 2.05) is 6.92 Å². The molecule has 1 aromatic carbocycles. The zero-order valence-corrected chi connectivity index (χ0v) is 10.3. The zero-order valence-electron chi connectivity index (χ0n) is 10.3. The predicted octanol–water partition coefficient (Wildman–Crippen LogP) is 2.52. The van der Waals surface area contributed by atoms with E-state index in [0.717, 1.165) is 12.8 Å². The molecule has 0 saturated heterocycles. The number of nitrogens with one attached hydrogen (secondary N) is 1. The molecule has 0 fully saturated rings. The van der Waals surface area contributed by atoms with E-state index in [4.69, 9.17) is 0 Å². The number of para-hydroxylation sites is 1. The summed E-state index contributed by atoms with van der Waals surface area (Å²) < 4.78 is 0. The summed E-state index contributed by atoms with van der Waals surface area (Å²) in [5.41, 5.74) is 0.420. The van der Waals surface area contributed by atoms with Crippen LogP contribution in [-0.4, -0.2) is 17.4 Å². The van der Waals surface area contributed by atoms with Gasteiger partial charge in [0.1, 0.15) is 0 Å². The number of amides is 1. The quantitative estimate of drug-likeness (QED) is 0.364. The molecule has 1 amide bonds. The van der Waals surface area contributed by atoms with Gasteiger partial charge in [0.05, 0.1) is 10.5 Å². The van der Waals surface area contributed by atoms with Gasteiger partial charge in [0.2, 0.25) is 5.91 Å². The minimum Gasteiger partial charge on any atom is -0.353 e. The highest BCUT2D eigenvalue weighted by Crippen LogP contribution is 2.18. The molecule has 1 rings (SSSR count). The Labute approximate surface area is 106 Å². The van der Waals surface area contributed by atoms with Gasteiger partial charge in [0.15, 0.2) is 0 Å². The lowest BCUT2D eigenvalue weighted by molar-refractivity contribution is -0.385. The van der Waals surface area contributed by atoms with Crippen molar-refractivity contribution < 1.29 is 9.72 Å². The van der Waals surface area contributed by atoms with Crippen molar-refractivity contribution in [1.82, 2.24) is 5.32 Å². The molecule has 18 heavy (non-hydrogen) atoms. The number of rotatable bonds is 6. The summed E-state index contributed by atoms with van der Waals surface area (Å²) in [4.78, 5) is 21.7. The van der Waals surface area contributed by atoms with E-state index >= 15 is 0 Å². The van der Waals surface area contributed by atoms with E-state index in [2.05, 4.69) is 5.32 Å². The Hall–Kier alpha value is -2.17. The van der Waals surface area contributed by atoms with E-state index < -0.39 is 4.92 Å². The fraction of sp³-hybridized carbons (Fsp3) is 0.308. The lowest BCUT2D eigenvalue weighted by atomic mass is 10.1. The predicted molar refractivity (Wildman–Crippen MR) is 70.0 cm³/mol. The first-order valence-corrected chi connectivity index (χ1v) is 5.84. The molecule has 0 spiro atoms. The molecule has 0 aliphatic carbocycles. The van der Waals surface area contributed by atoms with Crippen LogP contribution in [0.3, 0.4) is 0 Å². The molecule has 0 aliphatic rings. The number of nitro benzene ring substituents is 1. The average molecular weight is 248 g/mol. The SMILES string of the molecule is CCCCNC(=O)/C=C/c1ccccc1[N+](=O)[O-]. The molecule has 0 bridgehead atoms. The number of carbonyl (C=O) groups excluding carboxylic acids is 1. The summed E-state index contributed by atoms with van der Waals surface area (Å²) in [5, 5.41) is 13.5. The van der Waals surface area contributed by atoms with Crippen molar-refractivity contribution in [3.63, 3.8) is 0 Å². The third kappa shape index (κ3) is 4.37. The van der Waals surface area contributed by atoms with Crippen LogP contribution in [0.5, 0.6) is 0 Å². The second kappa shape index (κ2) is 7.21. The van der Waals surface area contributed by atoms with Crippen LogP contribution in [-0.2, 0) is 4.79 Å². The summed E-state index contributed by atoms with van der Waals surface area (Å²) in [6.45, 7) is 2.66. The Morgan fingerprint density at radius 1 is 1.44 bits per heavy atom. The van der Waals surface area contributed by atoms with Gasteiger partial charge in [-0.25, -0.2) is 0 Å². The Balaban J connectivity index is 2.66. The highest BCUT2D eigenvalue weighted by molar-refractivity contribution is 5.92. The second-order valence-corrected chi connectivity index (χ2v) is 3.79. The lowest BCUT2D eigenvalue weighted by Crippen LogP contribution is -2.21. The molecule has 5 nitrogen and oxygen atoms in total. The van der Waals surface area contributed by atoms with Crippen molar-refractivity contribution >= 4 is 17.7 Å². The van der Waals surface area contributed by atoms with Crippen LogP contribution in [0.25, 0.3) is 6.08 Å². The van der Waals surface area contributed by atoms with Crippen LogP contribution in [0.15, 0.2) is 30.3 Å². The van der Waals surface area contributed by atoms with E-state index in [1.165, 1.54) is 18.2 Å². The maximum Gasteiger partial charge on any atom is 0.276 e. The van der Waals surface area contributed by atoms with Gasteiger partial charge in [0.25, 0.3) is 5.69 Å². The summed E-state index contributed by atoms with van der Waals surface area (Å²) in [6, 6.07) is 6.31. The molecule has 1 aromatic rings. The van der Waals surface area contributed by atoms with Crippen molar-refractivity contribution in [2.45, 2.75) is 19.8 Å². The van der Waals surface area contributed by atoms with E-state index in [-0.39, 0.29) is 11.6 Å². The molecule has 5 heteroatoms. The molecular formula is C13H16N2O3. The molecule has 0 unspecified atom stereocenters. The van der Waals surface area contributed by atoms with E-state index in [1.54, 1.807) is 18.2 Å². The fourth-order valence-electron chi connectivity index (χ4n) is 1.41. The van der Waals surface area contributed by atoms with Crippen LogP contribution in [0.4, 0.5) is 5.69 Å². The van der Waals surface area contributed by atoms with Crippen LogP contribution >= 0.6 is 0 Å². The molecule has 0 aromatic heterocycles. The number of carbonyl (C=O) groups is 1. The second-order valence-electron chi connectivity index (χ2n) is 3.79. The number of nitrogens with zero attached hydrogens (tertiary/aromatic N) is 1. The van der Waals surface area contributed by atoms with Gasteiger partial charge >= 0.3 is 0 Å². The third-order valence-corrected chi connectivity index (χ3v) is 2.38. The molecule has 0 heterocycles. The summed E-state index contributed by atoms with van der Waals surface area (Å²) in [5.74, 6) is -0.235. The van der Waals surface area contributed by atoms with Gasteiger partial charge in [-0.2, -0.15) is 0 Å². The lowest BCUT2D eigenvalue weighted by Gasteiger charge is -1.99. The Kier molecular flexibility index (Phi) is 5.57. The highest BCUT2D eigenvalue weighted by atomic mass is 16.6. The summed E-state index contributed by atoms with van der Waals surface area (Å²) >= 11 is 0. The van der Waals surface area contributed by atoms with Gasteiger partial charge in [-0.3, -0.25) is 14.9 Å². The van der Waals surface area contributed by atoms with Gasteiger partial charge in [-0.05, 0) is 18.6 Å². The molecule has 1 N–H and O–H groups in total. The molecule has 96 valence electrons. The first kappa shape index (κ1) is 13.9. The average Bonchev–Trinajstić information content (AvgIpc) is 2.37. The molecule has 0 atom stereocenters. The zero-order chi connectivity index (χ0) is 13.4. The summed E-state index contributed by atoms with van der Waals surface area (Å²) in [6.07, 6.45) is 4.70. The van der Waals surface area contributed by atoms with Crippen LogP contribution < -0.4 is 5.32 Å². The maximum absolute atomic E-state index is 11.4. The van der Waals surface area contributed by atoms with Gasteiger partial charge in [-0.1, -0.05) is 25.5 Å². The topological polar surface area (TPSA) is 72.2 Å². The number of nitro groups is 1. The van der Waals surface area contributed by atoms with Crippen molar-refractivity contribution in [3.8, 4) is 0 Å². The number of unbranched alkanes of at least 4 members (excludes halogenated alkanes) is 1. The summed E-state index contributed by atoms with van der Waals surface area (Å²) in [7, 11) is 0. The van der Waals surface area contributed by atoms with Crippen LogP contribution in [0, 0.1) is 10.1 Å². The van der Waals surface area contributed by atoms with Gasteiger partial charge in [-0.15, -0.1) is 0 Å². The molecule has 0 aliphatic heterocycles. The molecule has 0 radical (unpaired) electrons. The minimum absolute atomic E-state index is 0.00453. The smallest absolute Gasteiger partial charge is 0.276 e. The van der Waals surface area contributed by atoms with Crippen molar-refractivity contribution in [3.05, 3.63) is 46.0 Å². The molecule has 0 saturated carbocycles. The molecular weight excluding hydrogens is 232 g/mol. The first-order valence-electron chi connectivity index (χ1n) is 5.84. The van der Waals surface area contributed by atoms with Crippen molar-refractivity contribution in [1.29, 1.82) is 0 Å². The minimum atomic E-state index is -0.464. The fourth-order valence-corrected chi connectivity index (χ4v) is 1.41. The number of hydrogen-bond donors (Lipinski definition) is 1.